The largest absolute Gasteiger partial charge is 0.354 e. The fraction of sp³-hybridized carbons (Fsp3) is 0.571. The summed E-state index contributed by atoms with van der Waals surface area (Å²) >= 11 is 7.84. The molecule has 0 unspecified atom stereocenters. The zero-order valence-corrected chi connectivity index (χ0v) is 13.8. The summed E-state index contributed by atoms with van der Waals surface area (Å²) in [5.41, 5.74) is 0. The van der Waals surface area contributed by atoms with Crippen LogP contribution in [0.25, 0.3) is 10.2 Å². The Morgan fingerprint density at radius 2 is 2.05 bits per heavy atom. The number of hydrogen-bond acceptors (Lipinski definition) is 5. The first-order valence-corrected chi connectivity index (χ1v) is 8.23. The molecule has 0 amide bonds. The third-order valence-corrected chi connectivity index (χ3v) is 4.53. The lowest BCUT2D eigenvalue weighted by molar-refractivity contribution is 0.303. The van der Waals surface area contributed by atoms with Crippen molar-refractivity contribution in [2.24, 2.45) is 0 Å². The number of fused-ring (bicyclic) bond motifs is 1. The summed E-state index contributed by atoms with van der Waals surface area (Å²) in [6.07, 6.45) is 1.07. The minimum Gasteiger partial charge on any atom is -0.354 e. The van der Waals surface area contributed by atoms with E-state index in [0.29, 0.717) is 11.1 Å². The number of aryl methyl sites for hydroxylation is 1. The summed E-state index contributed by atoms with van der Waals surface area (Å²) in [6.45, 7) is 10.6. The number of halogens is 1. The van der Waals surface area contributed by atoms with Gasteiger partial charge in [0.25, 0.3) is 0 Å². The van der Waals surface area contributed by atoms with Gasteiger partial charge in [-0.1, -0.05) is 25.4 Å². The van der Waals surface area contributed by atoms with Gasteiger partial charge in [-0.3, -0.25) is 0 Å². The molecule has 0 radical (unpaired) electrons. The minimum atomic E-state index is 0.533. The second kappa shape index (κ2) is 7.20. The molecule has 1 N–H and O–H groups in total. The first-order chi connectivity index (χ1) is 9.63. The molecule has 0 atom stereocenters. The highest BCUT2D eigenvalue weighted by Gasteiger charge is 2.08. The number of aromatic nitrogens is 2. The van der Waals surface area contributed by atoms with E-state index in [2.05, 4.69) is 41.0 Å². The monoisotopic (exact) mass is 312 g/mol. The van der Waals surface area contributed by atoms with E-state index in [1.165, 1.54) is 4.88 Å². The van der Waals surface area contributed by atoms with Crippen LogP contribution in [-0.2, 0) is 0 Å². The first-order valence-electron chi connectivity index (χ1n) is 7.04. The molecule has 0 saturated carbocycles. The Morgan fingerprint density at radius 1 is 1.30 bits per heavy atom. The van der Waals surface area contributed by atoms with E-state index < -0.39 is 0 Å². The van der Waals surface area contributed by atoms with Gasteiger partial charge < -0.3 is 10.2 Å². The standard InChI is InChI=1S/C14H21ClN4S/c1-4-19(5-2)8-6-7-16-14-17-12(15)11-9-10(3)20-13(11)18-14/h9H,4-8H2,1-3H3,(H,16,17,18). The molecular formula is C14H21ClN4S. The van der Waals surface area contributed by atoms with E-state index in [0.717, 1.165) is 42.8 Å². The number of nitrogens with one attached hydrogen (secondary N) is 1. The molecule has 2 aromatic heterocycles. The van der Waals surface area contributed by atoms with Crippen molar-refractivity contribution in [1.29, 1.82) is 0 Å². The molecule has 110 valence electrons. The average Bonchev–Trinajstić information content (AvgIpc) is 2.80. The van der Waals surface area contributed by atoms with Crippen LogP contribution in [0.15, 0.2) is 6.07 Å². The molecule has 6 heteroatoms. The molecule has 0 aliphatic heterocycles. The maximum Gasteiger partial charge on any atom is 0.225 e. The second-order valence-corrected chi connectivity index (χ2v) is 6.31. The van der Waals surface area contributed by atoms with Gasteiger partial charge in [-0.05, 0) is 39.0 Å². The van der Waals surface area contributed by atoms with E-state index in [1.807, 2.05) is 6.07 Å². The number of hydrogen-bond donors (Lipinski definition) is 1. The van der Waals surface area contributed by atoms with Crippen LogP contribution in [0.4, 0.5) is 5.95 Å². The summed E-state index contributed by atoms with van der Waals surface area (Å²) in [7, 11) is 0. The van der Waals surface area contributed by atoms with Gasteiger partial charge in [0.2, 0.25) is 5.95 Å². The molecule has 0 aliphatic rings. The highest BCUT2D eigenvalue weighted by atomic mass is 35.5. The van der Waals surface area contributed by atoms with E-state index in [9.17, 15) is 0 Å². The van der Waals surface area contributed by atoms with Crippen molar-refractivity contribution in [1.82, 2.24) is 14.9 Å². The van der Waals surface area contributed by atoms with Gasteiger partial charge in [-0.25, -0.2) is 9.97 Å². The van der Waals surface area contributed by atoms with Gasteiger partial charge in [0.1, 0.15) is 9.98 Å². The maximum absolute atomic E-state index is 6.19. The Balaban J connectivity index is 1.93. The number of thiophene rings is 1. The van der Waals surface area contributed by atoms with E-state index >= 15 is 0 Å². The zero-order chi connectivity index (χ0) is 14.5. The van der Waals surface area contributed by atoms with Crippen LogP contribution in [-0.4, -0.2) is 41.0 Å². The van der Waals surface area contributed by atoms with Crippen molar-refractivity contribution in [3.8, 4) is 0 Å². The van der Waals surface area contributed by atoms with Crippen LogP contribution in [0.5, 0.6) is 0 Å². The SMILES string of the molecule is CCN(CC)CCCNc1nc(Cl)c2cc(C)sc2n1. The summed E-state index contributed by atoms with van der Waals surface area (Å²) in [5, 5.41) is 4.74. The molecule has 2 aromatic rings. The highest BCUT2D eigenvalue weighted by Crippen LogP contribution is 2.29. The Kier molecular flexibility index (Phi) is 5.57. The summed E-state index contributed by atoms with van der Waals surface area (Å²) in [4.78, 5) is 13.4. The molecule has 0 aromatic carbocycles. The fourth-order valence-corrected chi connectivity index (χ4v) is 3.29. The molecule has 0 fully saturated rings. The average molecular weight is 313 g/mol. The van der Waals surface area contributed by atoms with E-state index in [1.54, 1.807) is 11.3 Å². The van der Waals surface area contributed by atoms with Crippen molar-refractivity contribution in [2.75, 3.05) is 31.5 Å². The van der Waals surface area contributed by atoms with Gasteiger partial charge >= 0.3 is 0 Å². The predicted octanol–water partition coefficient (Wildman–Crippen LogP) is 3.80. The number of anilines is 1. The molecule has 0 aliphatic carbocycles. The molecule has 2 rings (SSSR count). The Hall–Kier alpha value is -0.910. The van der Waals surface area contributed by atoms with E-state index in [4.69, 9.17) is 11.6 Å². The van der Waals surface area contributed by atoms with Crippen LogP contribution < -0.4 is 5.32 Å². The minimum absolute atomic E-state index is 0.533. The third kappa shape index (κ3) is 3.81. The lowest BCUT2D eigenvalue weighted by atomic mass is 10.3. The normalized spacial score (nSPS) is 11.4. The molecule has 0 bridgehead atoms. The predicted molar refractivity (Wildman–Crippen MR) is 88.1 cm³/mol. The van der Waals surface area contributed by atoms with E-state index in [-0.39, 0.29) is 0 Å². The summed E-state index contributed by atoms with van der Waals surface area (Å²) < 4.78 is 0. The summed E-state index contributed by atoms with van der Waals surface area (Å²) in [6, 6.07) is 2.03. The Labute approximate surface area is 129 Å². The zero-order valence-electron chi connectivity index (χ0n) is 12.2. The lowest BCUT2D eigenvalue weighted by Gasteiger charge is -2.17. The van der Waals surface area contributed by atoms with Crippen LogP contribution in [0.2, 0.25) is 5.15 Å². The molecule has 0 saturated heterocycles. The van der Waals surface area contributed by atoms with Crippen LogP contribution in [0.3, 0.4) is 0 Å². The van der Waals surface area contributed by atoms with Crippen LogP contribution in [0.1, 0.15) is 25.1 Å². The third-order valence-electron chi connectivity index (χ3n) is 3.30. The summed E-state index contributed by atoms with van der Waals surface area (Å²) in [5.74, 6) is 0.629. The van der Waals surface area contributed by atoms with Gasteiger partial charge in [0.15, 0.2) is 0 Å². The number of rotatable bonds is 7. The highest BCUT2D eigenvalue weighted by molar-refractivity contribution is 7.18. The quantitative estimate of drug-likeness (QED) is 0.623. The molecule has 0 spiro atoms. The smallest absolute Gasteiger partial charge is 0.225 e. The van der Waals surface area contributed by atoms with Gasteiger partial charge in [0, 0.05) is 16.8 Å². The van der Waals surface area contributed by atoms with Crippen molar-refractivity contribution >= 4 is 39.1 Å². The van der Waals surface area contributed by atoms with Crippen molar-refractivity contribution in [2.45, 2.75) is 27.2 Å². The molecule has 4 nitrogen and oxygen atoms in total. The van der Waals surface area contributed by atoms with Gasteiger partial charge in [-0.2, -0.15) is 0 Å². The Bertz CT molecular complexity index is 566. The number of nitrogens with zero attached hydrogens (tertiary/aromatic N) is 3. The first kappa shape index (κ1) is 15.5. The molecule has 2 heterocycles. The van der Waals surface area contributed by atoms with Crippen molar-refractivity contribution in [3.63, 3.8) is 0 Å². The van der Waals surface area contributed by atoms with Crippen LogP contribution in [0, 0.1) is 6.92 Å². The lowest BCUT2D eigenvalue weighted by Crippen LogP contribution is -2.25. The molecular weight excluding hydrogens is 292 g/mol. The van der Waals surface area contributed by atoms with Crippen molar-refractivity contribution in [3.05, 3.63) is 16.1 Å². The van der Waals surface area contributed by atoms with Crippen molar-refractivity contribution < 1.29 is 0 Å². The maximum atomic E-state index is 6.19. The Morgan fingerprint density at radius 3 is 2.75 bits per heavy atom. The fourth-order valence-electron chi connectivity index (χ4n) is 2.13. The van der Waals surface area contributed by atoms with Gasteiger partial charge in [0.05, 0.1) is 0 Å². The second-order valence-electron chi connectivity index (χ2n) is 4.72. The van der Waals surface area contributed by atoms with Crippen LogP contribution >= 0.6 is 22.9 Å². The topological polar surface area (TPSA) is 41.0 Å². The molecule has 20 heavy (non-hydrogen) atoms. The van der Waals surface area contributed by atoms with Gasteiger partial charge in [-0.15, -0.1) is 11.3 Å².